The van der Waals surface area contributed by atoms with Crippen molar-refractivity contribution in [2.75, 3.05) is 6.54 Å². The van der Waals surface area contributed by atoms with Crippen LogP contribution >= 0.6 is 15.9 Å². The zero-order valence-corrected chi connectivity index (χ0v) is 13.0. The lowest BCUT2D eigenvalue weighted by atomic mass is 10.1. The van der Waals surface area contributed by atoms with E-state index in [2.05, 4.69) is 40.2 Å². The Kier molecular flexibility index (Phi) is 4.57. The van der Waals surface area contributed by atoms with Crippen molar-refractivity contribution in [2.45, 2.75) is 19.9 Å². The summed E-state index contributed by atoms with van der Waals surface area (Å²) in [4.78, 5) is 11.1. The first-order valence-electron chi connectivity index (χ1n) is 6.40. The van der Waals surface area contributed by atoms with Crippen molar-refractivity contribution >= 4 is 21.8 Å². The van der Waals surface area contributed by atoms with Gasteiger partial charge in [-0.25, -0.2) is 4.68 Å². The average molecular weight is 337 g/mol. The van der Waals surface area contributed by atoms with E-state index in [1.54, 1.807) is 10.9 Å². The predicted octanol–water partition coefficient (Wildman–Crippen LogP) is 2.40. The smallest absolute Gasteiger partial charge is 0.251 e. The van der Waals surface area contributed by atoms with Crippen LogP contribution in [0.3, 0.4) is 0 Å². The molecule has 0 aliphatic carbocycles. The van der Waals surface area contributed by atoms with E-state index < -0.39 is 5.91 Å². The molecule has 3 N–H and O–H groups in total. The Morgan fingerprint density at radius 3 is 2.85 bits per heavy atom. The molecule has 0 aliphatic rings. The fourth-order valence-corrected chi connectivity index (χ4v) is 2.73. The highest BCUT2D eigenvalue weighted by molar-refractivity contribution is 9.10. The predicted molar refractivity (Wildman–Crippen MR) is 81.9 cm³/mol. The molecule has 1 heterocycles. The summed E-state index contributed by atoms with van der Waals surface area (Å²) in [7, 11) is 0. The molecule has 0 fully saturated rings. The zero-order chi connectivity index (χ0) is 14.7. The van der Waals surface area contributed by atoms with Crippen LogP contribution in [-0.4, -0.2) is 22.2 Å². The number of nitrogens with one attached hydrogen (secondary N) is 1. The summed E-state index contributed by atoms with van der Waals surface area (Å²) in [5.74, 6) is -0.479. The van der Waals surface area contributed by atoms with E-state index in [-0.39, 0.29) is 6.04 Å². The van der Waals surface area contributed by atoms with E-state index in [0.717, 1.165) is 16.7 Å². The van der Waals surface area contributed by atoms with Gasteiger partial charge in [-0.3, -0.25) is 4.79 Å². The monoisotopic (exact) mass is 336 g/mol. The molecule has 0 radical (unpaired) electrons. The molecule has 5 nitrogen and oxygen atoms in total. The SMILES string of the molecule is CCNC(C)c1ccc(-n2cc(C(N)=O)cn2)cc1Br. The van der Waals surface area contributed by atoms with Gasteiger partial charge in [-0.2, -0.15) is 5.10 Å². The van der Waals surface area contributed by atoms with Gasteiger partial charge >= 0.3 is 0 Å². The molecular formula is C14H17BrN4O. The summed E-state index contributed by atoms with van der Waals surface area (Å²) in [6.45, 7) is 5.10. The van der Waals surface area contributed by atoms with Crippen molar-refractivity contribution < 1.29 is 4.79 Å². The Balaban J connectivity index is 2.30. The second-order valence-electron chi connectivity index (χ2n) is 4.52. The highest BCUT2D eigenvalue weighted by atomic mass is 79.9. The van der Waals surface area contributed by atoms with Crippen molar-refractivity contribution in [1.82, 2.24) is 15.1 Å². The van der Waals surface area contributed by atoms with Crippen LogP contribution in [0.4, 0.5) is 0 Å². The van der Waals surface area contributed by atoms with Gasteiger partial charge in [0.05, 0.1) is 17.4 Å². The maximum Gasteiger partial charge on any atom is 0.251 e. The highest BCUT2D eigenvalue weighted by Gasteiger charge is 2.11. The van der Waals surface area contributed by atoms with E-state index in [1.807, 2.05) is 18.2 Å². The molecule has 0 saturated carbocycles. The number of hydrogen-bond acceptors (Lipinski definition) is 3. The van der Waals surface area contributed by atoms with E-state index in [4.69, 9.17) is 5.73 Å². The Morgan fingerprint density at radius 2 is 2.30 bits per heavy atom. The van der Waals surface area contributed by atoms with Crippen LogP contribution in [0.2, 0.25) is 0 Å². The van der Waals surface area contributed by atoms with Gasteiger partial charge in [0.1, 0.15) is 0 Å². The van der Waals surface area contributed by atoms with Crippen LogP contribution in [0.15, 0.2) is 35.1 Å². The number of rotatable bonds is 5. The molecule has 0 saturated heterocycles. The minimum absolute atomic E-state index is 0.266. The molecular weight excluding hydrogens is 320 g/mol. The van der Waals surface area contributed by atoms with Crippen LogP contribution in [-0.2, 0) is 0 Å². The van der Waals surface area contributed by atoms with Crippen molar-refractivity contribution in [3.63, 3.8) is 0 Å². The molecule has 1 atom stereocenters. The maximum atomic E-state index is 11.1. The number of aromatic nitrogens is 2. The van der Waals surface area contributed by atoms with Crippen LogP contribution in [0, 0.1) is 0 Å². The average Bonchev–Trinajstić information content (AvgIpc) is 2.88. The number of carbonyl (C=O) groups is 1. The van der Waals surface area contributed by atoms with Crippen LogP contribution < -0.4 is 11.1 Å². The van der Waals surface area contributed by atoms with E-state index >= 15 is 0 Å². The van der Waals surface area contributed by atoms with Crippen molar-refractivity contribution in [3.8, 4) is 5.69 Å². The lowest BCUT2D eigenvalue weighted by Gasteiger charge is -2.15. The third-order valence-electron chi connectivity index (χ3n) is 3.09. The molecule has 2 aromatic rings. The third kappa shape index (κ3) is 3.08. The number of nitrogens with two attached hydrogens (primary N) is 1. The van der Waals surface area contributed by atoms with Crippen molar-refractivity contribution in [1.29, 1.82) is 0 Å². The van der Waals surface area contributed by atoms with Gasteiger partial charge in [0, 0.05) is 16.7 Å². The first kappa shape index (κ1) is 14.7. The molecule has 20 heavy (non-hydrogen) atoms. The molecule has 2 rings (SSSR count). The molecule has 0 aliphatic heterocycles. The van der Waals surface area contributed by atoms with Crippen LogP contribution in [0.1, 0.15) is 35.8 Å². The Bertz CT molecular complexity index is 623. The summed E-state index contributed by atoms with van der Waals surface area (Å²) in [6.07, 6.45) is 3.09. The molecule has 0 spiro atoms. The van der Waals surface area contributed by atoms with Gasteiger partial charge in [0.2, 0.25) is 0 Å². The number of primary amides is 1. The van der Waals surface area contributed by atoms with Gasteiger partial charge in [0.15, 0.2) is 0 Å². The number of amides is 1. The largest absolute Gasteiger partial charge is 0.366 e. The number of halogens is 1. The number of hydrogen-bond donors (Lipinski definition) is 2. The summed E-state index contributed by atoms with van der Waals surface area (Å²) in [5, 5.41) is 7.51. The van der Waals surface area contributed by atoms with Gasteiger partial charge < -0.3 is 11.1 Å². The fourth-order valence-electron chi connectivity index (χ4n) is 2.02. The van der Waals surface area contributed by atoms with Gasteiger partial charge in [-0.15, -0.1) is 0 Å². The second-order valence-corrected chi connectivity index (χ2v) is 5.38. The number of carbonyl (C=O) groups excluding carboxylic acids is 1. The maximum absolute atomic E-state index is 11.1. The van der Waals surface area contributed by atoms with E-state index in [1.165, 1.54) is 11.8 Å². The quantitative estimate of drug-likeness (QED) is 0.880. The first-order valence-corrected chi connectivity index (χ1v) is 7.20. The first-order chi connectivity index (χ1) is 9.52. The summed E-state index contributed by atoms with van der Waals surface area (Å²) < 4.78 is 2.63. The molecule has 0 bridgehead atoms. The minimum Gasteiger partial charge on any atom is -0.366 e. The van der Waals surface area contributed by atoms with Gasteiger partial charge in [0.25, 0.3) is 5.91 Å². The van der Waals surface area contributed by atoms with Gasteiger partial charge in [-0.05, 0) is 31.2 Å². The lowest BCUT2D eigenvalue weighted by Crippen LogP contribution is -2.18. The summed E-state index contributed by atoms with van der Waals surface area (Å²) >= 11 is 3.58. The minimum atomic E-state index is -0.479. The summed E-state index contributed by atoms with van der Waals surface area (Å²) in [6, 6.07) is 6.24. The third-order valence-corrected chi connectivity index (χ3v) is 3.78. The Hall–Kier alpha value is -1.66. The van der Waals surface area contributed by atoms with E-state index in [9.17, 15) is 4.79 Å². The molecule has 106 valence electrons. The normalized spacial score (nSPS) is 12.3. The Morgan fingerprint density at radius 1 is 1.55 bits per heavy atom. The van der Waals surface area contributed by atoms with Gasteiger partial charge in [-0.1, -0.05) is 28.9 Å². The Labute approximate surface area is 126 Å². The number of benzene rings is 1. The molecule has 1 aromatic carbocycles. The number of nitrogens with zero attached hydrogens (tertiary/aromatic N) is 2. The second kappa shape index (κ2) is 6.19. The standard InChI is InChI=1S/C14H17BrN4O/c1-3-17-9(2)12-5-4-11(6-13(12)15)19-8-10(7-18-19)14(16)20/h4-9,17H,3H2,1-2H3,(H2,16,20). The zero-order valence-electron chi connectivity index (χ0n) is 11.4. The molecule has 1 unspecified atom stereocenters. The summed E-state index contributed by atoms with van der Waals surface area (Å²) in [5.41, 5.74) is 7.67. The van der Waals surface area contributed by atoms with E-state index in [0.29, 0.717) is 5.56 Å². The van der Waals surface area contributed by atoms with Crippen molar-refractivity contribution in [2.24, 2.45) is 5.73 Å². The molecule has 1 amide bonds. The fraction of sp³-hybridized carbons (Fsp3) is 0.286. The van der Waals surface area contributed by atoms with Crippen LogP contribution in [0.25, 0.3) is 5.69 Å². The van der Waals surface area contributed by atoms with Crippen LogP contribution in [0.5, 0.6) is 0 Å². The topological polar surface area (TPSA) is 72.9 Å². The molecule has 1 aromatic heterocycles. The van der Waals surface area contributed by atoms with Crippen molar-refractivity contribution in [3.05, 3.63) is 46.2 Å². The molecule has 6 heteroatoms. The highest BCUT2D eigenvalue weighted by Crippen LogP contribution is 2.26. The lowest BCUT2D eigenvalue weighted by molar-refractivity contribution is 0.100.